The highest BCUT2D eigenvalue weighted by molar-refractivity contribution is 6.09. The van der Waals surface area contributed by atoms with Gasteiger partial charge < -0.3 is 15.0 Å². The molecule has 3 N–H and O–H groups in total. The van der Waals surface area contributed by atoms with E-state index >= 15 is 0 Å². The molecule has 5 rings (SSSR count). The Balaban J connectivity index is 1.68. The van der Waals surface area contributed by atoms with Crippen molar-refractivity contribution in [3.05, 3.63) is 48.9 Å². The van der Waals surface area contributed by atoms with Crippen LogP contribution in [-0.2, 0) is 0 Å². The van der Waals surface area contributed by atoms with Crippen molar-refractivity contribution in [2.75, 3.05) is 12.4 Å². The van der Waals surface area contributed by atoms with Gasteiger partial charge in [-0.05, 0) is 30.3 Å². The summed E-state index contributed by atoms with van der Waals surface area (Å²) >= 11 is 0. The van der Waals surface area contributed by atoms with E-state index in [2.05, 4.69) is 25.5 Å². The quantitative estimate of drug-likeness (QED) is 0.469. The summed E-state index contributed by atoms with van der Waals surface area (Å²) in [4.78, 5) is 12.1. The van der Waals surface area contributed by atoms with E-state index in [0.717, 1.165) is 44.3 Å². The molecule has 0 unspecified atom stereocenters. The van der Waals surface area contributed by atoms with E-state index in [4.69, 9.17) is 9.72 Å². The van der Waals surface area contributed by atoms with Crippen molar-refractivity contribution in [2.45, 2.75) is 0 Å². The summed E-state index contributed by atoms with van der Waals surface area (Å²) in [6.07, 6.45) is 3.50. The normalized spacial score (nSPS) is 11.4. The Bertz CT molecular complexity index is 1220. The summed E-state index contributed by atoms with van der Waals surface area (Å²) in [6.45, 7) is 0. The van der Waals surface area contributed by atoms with E-state index in [1.165, 1.54) is 0 Å². The third-order valence-electron chi connectivity index (χ3n) is 4.29. The first kappa shape index (κ1) is 13.8. The highest BCUT2D eigenvalue weighted by Gasteiger charge is 2.11. The Hall–Kier alpha value is -3.61. The average molecular weight is 330 g/mol. The lowest BCUT2D eigenvalue weighted by Crippen LogP contribution is -1.96. The first-order chi connectivity index (χ1) is 12.3. The molecule has 122 valence electrons. The molecule has 0 spiro atoms. The van der Waals surface area contributed by atoms with Crippen LogP contribution in [0.2, 0.25) is 0 Å². The van der Waals surface area contributed by atoms with Crippen LogP contribution in [0.25, 0.3) is 32.8 Å². The van der Waals surface area contributed by atoms with Gasteiger partial charge in [0.1, 0.15) is 11.3 Å². The topological polar surface area (TPSA) is 91.5 Å². The SMILES string of the molecule is COc1ccc2c(c1)nc(Nc1ccc3nc[nH]c3c1)c1[nH]ncc12. The molecule has 0 aliphatic heterocycles. The summed E-state index contributed by atoms with van der Waals surface area (Å²) in [7, 11) is 1.65. The van der Waals surface area contributed by atoms with Gasteiger partial charge in [-0.2, -0.15) is 5.10 Å². The molecule has 25 heavy (non-hydrogen) atoms. The Kier molecular flexibility index (Phi) is 2.87. The van der Waals surface area contributed by atoms with Crippen LogP contribution < -0.4 is 10.1 Å². The minimum absolute atomic E-state index is 0.715. The van der Waals surface area contributed by atoms with Crippen molar-refractivity contribution in [3.63, 3.8) is 0 Å². The van der Waals surface area contributed by atoms with Gasteiger partial charge in [-0.1, -0.05) is 0 Å². The number of aromatic nitrogens is 5. The number of imidazole rings is 1. The number of ether oxygens (including phenoxy) is 1. The van der Waals surface area contributed by atoms with Gasteiger partial charge in [0.25, 0.3) is 0 Å². The Morgan fingerprint density at radius 2 is 2.00 bits per heavy atom. The van der Waals surface area contributed by atoms with Crippen LogP contribution in [0.15, 0.2) is 48.9 Å². The molecule has 2 aromatic carbocycles. The molecular formula is C18H14N6O. The van der Waals surface area contributed by atoms with Crippen LogP contribution in [0.1, 0.15) is 0 Å². The Morgan fingerprint density at radius 3 is 2.92 bits per heavy atom. The molecule has 0 aliphatic rings. The summed E-state index contributed by atoms with van der Waals surface area (Å²) in [5.74, 6) is 1.49. The second-order valence-electron chi connectivity index (χ2n) is 5.76. The summed E-state index contributed by atoms with van der Waals surface area (Å²) < 4.78 is 5.32. The number of benzene rings is 2. The second-order valence-corrected chi connectivity index (χ2v) is 5.76. The Morgan fingerprint density at radius 1 is 1.04 bits per heavy atom. The van der Waals surface area contributed by atoms with Crippen LogP contribution in [-0.4, -0.2) is 32.3 Å². The van der Waals surface area contributed by atoms with Crippen LogP contribution in [0.4, 0.5) is 11.5 Å². The number of methoxy groups -OCH3 is 1. The molecule has 0 fully saturated rings. The number of H-pyrrole nitrogens is 2. The van der Waals surface area contributed by atoms with E-state index in [1.807, 2.05) is 42.6 Å². The zero-order valence-electron chi connectivity index (χ0n) is 13.4. The van der Waals surface area contributed by atoms with Crippen LogP contribution >= 0.6 is 0 Å². The number of hydrogen-bond acceptors (Lipinski definition) is 5. The molecule has 7 heteroatoms. The molecule has 0 saturated carbocycles. The van der Waals surface area contributed by atoms with Crippen molar-refractivity contribution in [1.29, 1.82) is 0 Å². The monoisotopic (exact) mass is 330 g/mol. The molecule has 0 saturated heterocycles. The van der Waals surface area contributed by atoms with Gasteiger partial charge in [0.05, 0.1) is 36.2 Å². The highest BCUT2D eigenvalue weighted by Crippen LogP contribution is 2.31. The van der Waals surface area contributed by atoms with Crippen molar-refractivity contribution in [2.24, 2.45) is 0 Å². The minimum atomic E-state index is 0.715. The van der Waals surface area contributed by atoms with E-state index in [9.17, 15) is 0 Å². The Labute approximate surface area is 142 Å². The zero-order chi connectivity index (χ0) is 16.8. The fraction of sp³-hybridized carbons (Fsp3) is 0.0556. The second kappa shape index (κ2) is 5.20. The predicted octanol–water partition coefficient (Wildman–Crippen LogP) is 3.74. The highest BCUT2D eigenvalue weighted by atomic mass is 16.5. The molecule has 7 nitrogen and oxygen atoms in total. The van der Waals surface area contributed by atoms with Crippen LogP contribution in [0, 0.1) is 0 Å². The van der Waals surface area contributed by atoms with Crippen LogP contribution in [0.3, 0.4) is 0 Å². The molecular weight excluding hydrogens is 316 g/mol. The van der Waals surface area contributed by atoms with Gasteiger partial charge in [-0.15, -0.1) is 0 Å². The van der Waals surface area contributed by atoms with Crippen molar-refractivity contribution in [1.82, 2.24) is 25.1 Å². The van der Waals surface area contributed by atoms with Gasteiger partial charge >= 0.3 is 0 Å². The molecule has 3 aromatic heterocycles. The lowest BCUT2D eigenvalue weighted by atomic mass is 10.1. The standard InChI is InChI=1S/C18H14N6O/c1-25-11-3-4-12-13-8-21-24-17(13)18(23-15(12)7-11)22-10-2-5-14-16(6-10)20-9-19-14/h2-9H,1H3,(H,19,20)(H,21,24)(H,22,23). The van der Waals surface area contributed by atoms with E-state index in [1.54, 1.807) is 13.4 Å². The van der Waals surface area contributed by atoms with Crippen molar-refractivity contribution in [3.8, 4) is 5.75 Å². The molecule has 3 heterocycles. The number of nitrogens with one attached hydrogen (secondary N) is 3. The first-order valence-electron chi connectivity index (χ1n) is 7.83. The maximum absolute atomic E-state index is 5.32. The lowest BCUT2D eigenvalue weighted by molar-refractivity contribution is 0.415. The molecule has 0 aliphatic carbocycles. The van der Waals surface area contributed by atoms with E-state index in [-0.39, 0.29) is 0 Å². The number of hydrogen-bond donors (Lipinski definition) is 3. The lowest BCUT2D eigenvalue weighted by Gasteiger charge is -2.10. The molecule has 5 aromatic rings. The van der Waals surface area contributed by atoms with Gasteiger partial charge in [0, 0.05) is 22.5 Å². The maximum Gasteiger partial charge on any atom is 0.157 e. The van der Waals surface area contributed by atoms with Crippen molar-refractivity contribution < 1.29 is 4.74 Å². The summed E-state index contributed by atoms with van der Waals surface area (Å²) in [5, 5.41) is 12.6. The summed E-state index contributed by atoms with van der Waals surface area (Å²) in [6, 6.07) is 11.8. The first-order valence-corrected chi connectivity index (χ1v) is 7.83. The van der Waals surface area contributed by atoms with Crippen LogP contribution in [0.5, 0.6) is 5.75 Å². The van der Waals surface area contributed by atoms with Gasteiger partial charge in [-0.3, -0.25) is 5.10 Å². The van der Waals surface area contributed by atoms with Gasteiger partial charge in [0.15, 0.2) is 5.82 Å². The van der Waals surface area contributed by atoms with E-state index in [0.29, 0.717) is 5.82 Å². The number of fused-ring (bicyclic) bond motifs is 4. The largest absolute Gasteiger partial charge is 0.497 e. The third kappa shape index (κ3) is 2.17. The number of pyridine rings is 1. The molecule has 0 amide bonds. The minimum Gasteiger partial charge on any atom is -0.497 e. The number of aromatic amines is 2. The van der Waals surface area contributed by atoms with Gasteiger partial charge in [-0.25, -0.2) is 9.97 Å². The fourth-order valence-electron chi connectivity index (χ4n) is 3.05. The zero-order valence-corrected chi connectivity index (χ0v) is 13.4. The van der Waals surface area contributed by atoms with E-state index < -0.39 is 0 Å². The number of anilines is 2. The summed E-state index contributed by atoms with van der Waals surface area (Å²) in [5.41, 5.74) is 4.52. The fourth-order valence-corrected chi connectivity index (χ4v) is 3.05. The smallest absolute Gasteiger partial charge is 0.157 e. The van der Waals surface area contributed by atoms with Crippen molar-refractivity contribution >= 4 is 44.3 Å². The predicted molar refractivity (Wildman–Crippen MR) is 97.3 cm³/mol. The number of nitrogens with zero attached hydrogens (tertiary/aromatic N) is 3. The molecule has 0 radical (unpaired) electrons. The average Bonchev–Trinajstić information content (AvgIpc) is 3.30. The maximum atomic E-state index is 5.32. The number of rotatable bonds is 3. The molecule has 0 bridgehead atoms. The third-order valence-corrected chi connectivity index (χ3v) is 4.29. The van der Waals surface area contributed by atoms with Gasteiger partial charge in [0.2, 0.25) is 0 Å². The molecule has 0 atom stereocenters.